The van der Waals surface area contributed by atoms with Crippen molar-refractivity contribution in [2.24, 2.45) is 5.73 Å². The largest absolute Gasteiger partial charge is 0.384 e. The highest BCUT2D eigenvalue weighted by molar-refractivity contribution is 7.98. The number of hydrogen-bond acceptors (Lipinski definition) is 4. The van der Waals surface area contributed by atoms with Gasteiger partial charge in [0.1, 0.15) is 5.84 Å². The lowest BCUT2D eigenvalue weighted by Crippen LogP contribution is -2.42. The molecule has 0 spiro atoms. The molecule has 0 aliphatic carbocycles. The molecule has 1 heterocycles. The minimum absolute atomic E-state index is 0.157. The number of benzene rings is 1. The lowest BCUT2D eigenvalue weighted by molar-refractivity contribution is 0.253. The second-order valence-corrected chi connectivity index (χ2v) is 6.26. The Morgan fingerprint density at radius 3 is 2.60 bits per heavy atom. The van der Waals surface area contributed by atoms with Crippen LogP contribution in [0, 0.1) is 5.41 Å². The van der Waals surface area contributed by atoms with Crippen molar-refractivity contribution >= 4 is 23.3 Å². The molecule has 0 amide bonds. The summed E-state index contributed by atoms with van der Waals surface area (Å²) in [5.41, 5.74) is 7.77. The van der Waals surface area contributed by atoms with Crippen molar-refractivity contribution in [3.63, 3.8) is 0 Å². The molecule has 1 aromatic carbocycles. The molecule has 4 nitrogen and oxygen atoms in total. The monoisotopic (exact) mass is 292 g/mol. The smallest absolute Gasteiger partial charge is 0.126 e. The van der Waals surface area contributed by atoms with Crippen LogP contribution in [0.15, 0.2) is 23.1 Å². The molecule has 0 aromatic heterocycles. The Morgan fingerprint density at radius 1 is 1.40 bits per heavy atom. The van der Waals surface area contributed by atoms with Gasteiger partial charge in [-0.15, -0.1) is 11.8 Å². The fraction of sp³-hybridized carbons (Fsp3) is 0.533. The van der Waals surface area contributed by atoms with Gasteiger partial charge in [0.2, 0.25) is 0 Å². The molecule has 5 heteroatoms. The Morgan fingerprint density at radius 2 is 2.05 bits per heavy atom. The van der Waals surface area contributed by atoms with Crippen LogP contribution < -0.4 is 10.6 Å². The number of likely N-dealkylation sites (tertiary alicyclic amines) is 1. The van der Waals surface area contributed by atoms with Gasteiger partial charge in [0, 0.05) is 23.7 Å². The molecular weight excluding hydrogens is 268 g/mol. The molecule has 1 aromatic rings. The van der Waals surface area contributed by atoms with E-state index in [0.29, 0.717) is 6.04 Å². The Kier molecular flexibility index (Phi) is 4.94. The third-order valence-electron chi connectivity index (χ3n) is 4.11. The van der Waals surface area contributed by atoms with Crippen molar-refractivity contribution in [3.8, 4) is 0 Å². The van der Waals surface area contributed by atoms with Crippen molar-refractivity contribution in [1.29, 1.82) is 5.41 Å². The summed E-state index contributed by atoms with van der Waals surface area (Å²) < 4.78 is 0. The van der Waals surface area contributed by atoms with Crippen LogP contribution in [0.5, 0.6) is 0 Å². The van der Waals surface area contributed by atoms with Gasteiger partial charge in [-0.25, -0.2) is 0 Å². The van der Waals surface area contributed by atoms with Gasteiger partial charge in [0.25, 0.3) is 0 Å². The fourth-order valence-electron chi connectivity index (χ4n) is 2.83. The van der Waals surface area contributed by atoms with Crippen molar-refractivity contribution in [2.75, 3.05) is 38.3 Å². The first kappa shape index (κ1) is 15.2. The van der Waals surface area contributed by atoms with E-state index in [2.05, 4.69) is 36.0 Å². The molecule has 0 bridgehead atoms. The molecule has 0 saturated carbocycles. The Bertz CT molecular complexity index is 481. The van der Waals surface area contributed by atoms with Crippen LogP contribution >= 0.6 is 11.8 Å². The third-order valence-corrected chi connectivity index (χ3v) is 4.89. The summed E-state index contributed by atoms with van der Waals surface area (Å²) in [5.74, 6) is 0.157. The maximum atomic E-state index is 7.89. The number of nitrogens with zero attached hydrogens (tertiary/aromatic N) is 2. The second-order valence-electron chi connectivity index (χ2n) is 5.41. The molecule has 3 N–H and O–H groups in total. The normalized spacial score (nSPS) is 17.1. The second kappa shape index (κ2) is 6.50. The molecule has 20 heavy (non-hydrogen) atoms. The molecule has 2 rings (SSSR count). The van der Waals surface area contributed by atoms with Gasteiger partial charge in [0.05, 0.1) is 5.56 Å². The topological polar surface area (TPSA) is 56.4 Å². The summed E-state index contributed by atoms with van der Waals surface area (Å²) in [6, 6.07) is 6.70. The number of thioether (sulfide) groups is 1. The lowest BCUT2D eigenvalue weighted by atomic mass is 10.0. The predicted octanol–water partition coefficient (Wildman–Crippen LogP) is 2.22. The number of nitrogens with two attached hydrogens (primary N) is 1. The van der Waals surface area contributed by atoms with E-state index >= 15 is 0 Å². The highest BCUT2D eigenvalue weighted by Gasteiger charge is 2.23. The van der Waals surface area contributed by atoms with E-state index in [-0.39, 0.29) is 5.84 Å². The zero-order valence-electron chi connectivity index (χ0n) is 12.5. The summed E-state index contributed by atoms with van der Waals surface area (Å²) >= 11 is 1.65. The number of anilines is 1. The maximum absolute atomic E-state index is 7.89. The van der Waals surface area contributed by atoms with Gasteiger partial charge in [-0.1, -0.05) is 6.07 Å². The van der Waals surface area contributed by atoms with Crippen LogP contribution in [-0.4, -0.2) is 50.2 Å². The number of amidine groups is 1. The van der Waals surface area contributed by atoms with Gasteiger partial charge >= 0.3 is 0 Å². The van der Waals surface area contributed by atoms with Crippen LogP contribution in [0.4, 0.5) is 5.69 Å². The van der Waals surface area contributed by atoms with E-state index in [1.54, 1.807) is 11.8 Å². The van der Waals surface area contributed by atoms with Crippen molar-refractivity contribution in [3.05, 3.63) is 23.8 Å². The van der Waals surface area contributed by atoms with Crippen LogP contribution in [0.3, 0.4) is 0 Å². The average Bonchev–Trinajstić information content (AvgIpc) is 2.46. The predicted molar refractivity (Wildman–Crippen MR) is 88.2 cm³/mol. The van der Waals surface area contributed by atoms with Crippen LogP contribution in [0.25, 0.3) is 0 Å². The van der Waals surface area contributed by atoms with E-state index in [0.717, 1.165) is 42.1 Å². The minimum atomic E-state index is 0.157. The number of nitrogens with one attached hydrogen (secondary N) is 1. The highest BCUT2D eigenvalue weighted by atomic mass is 32.2. The van der Waals surface area contributed by atoms with Crippen LogP contribution in [0.2, 0.25) is 0 Å². The van der Waals surface area contributed by atoms with Gasteiger partial charge in [0.15, 0.2) is 0 Å². The molecule has 1 saturated heterocycles. The van der Waals surface area contributed by atoms with Crippen LogP contribution in [0.1, 0.15) is 18.4 Å². The van der Waals surface area contributed by atoms with Gasteiger partial charge < -0.3 is 15.5 Å². The Balaban J connectivity index is 2.29. The third kappa shape index (κ3) is 3.10. The van der Waals surface area contributed by atoms with Gasteiger partial charge in [-0.3, -0.25) is 5.41 Å². The van der Waals surface area contributed by atoms with Gasteiger partial charge in [-0.2, -0.15) is 0 Å². The van der Waals surface area contributed by atoms with Crippen molar-refractivity contribution < 1.29 is 0 Å². The first-order valence-electron chi connectivity index (χ1n) is 6.97. The Labute approximate surface area is 125 Å². The summed E-state index contributed by atoms with van der Waals surface area (Å²) in [6.07, 6.45) is 4.35. The SMILES string of the molecule is CSc1cccc(N(C)C2CCN(C)CC2)c1C(=N)N. The van der Waals surface area contributed by atoms with Crippen molar-refractivity contribution in [1.82, 2.24) is 4.90 Å². The van der Waals surface area contributed by atoms with Crippen molar-refractivity contribution in [2.45, 2.75) is 23.8 Å². The number of nitrogen functional groups attached to an aromatic ring is 1. The average molecular weight is 292 g/mol. The van der Waals surface area contributed by atoms with Crippen LogP contribution in [-0.2, 0) is 0 Å². The van der Waals surface area contributed by atoms with E-state index < -0.39 is 0 Å². The van der Waals surface area contributed by atoms with E-state index in [4.69, 9.17) is 11.1 Å². The first-order valence-corrected chi connectivity index (χ1v) is 8.19. The molecule has 0 unspecified atom stereocenters. The summed E-state index contributed by atoms with van der Waals surface area (Å²) in [7, 11) is 4.30. The fourth-order valence-corrected chi connectivity index (χ4v) is 3.47. The molecule has 0 radical (unpaired) electrons. The number of piperidine rings is 1. The molecule has 1 aliphatic heterocycles. The molecule has 0 atom stereocenters. The maximum Gasteiger partial charge on any atom is 0.126 e. The van der Waals surface area contributed by atoms with Gasteiger partial charge in [-0.05, 0) is 51.4 Å². The number of rotatable bonds is 4. The molecule has 1 aliphatic rings. The first-order chi connectivity index (χ1) is 9.54. The zero-order chi connectivity index (χ0) is 14.7. The molecule has 110 valence electrons. The molecular formula is C15H24N4S. The number of hydrogen-bond donors (Lipinski definition) is 2. The van der Waals surface area contributed by atoms with E-state index in [1.165, 1.54) is 0 Å². The van der Waals surface area contributed by atoms with E-state index in [9.17, 15) is 0 Å². The molecule has 1 fully saturated rings. The highest BCUT2D eigenvalue weighted by Crippen LogP contribution is 2.31. The quantitative estimate of drug-likeness (QED) is 0.507. The zero-order valence-corrected chi connectivity index (χ0v) is 13.3. The summed E-state index contributed by atoms with van der Waals surface area (Å²) in [4.78, 5) is 5.76. The minimum Gasteiger partial charge on any atom is -0.384 e. The summed E-state index contributed by atoms with van der Waals surface area (Å²) in [5, 5.41) is 7.89. The standard InChI is InChI=1S/C15H24N4S/c1-18-9-7-11(8-10-18)19(2)12-5-4-6-13(20-3)14(12)15(16)17/h4-6,11H,7-10H2,1-3H3,(H3,16,17). The van der Waals surface area contributed by atoms with E-state index in [1.807, 2.05) is 12.3 Å². The lowest BCUT2D eigenvalue weighted by Gasteiger charge is -2.37. The Hall–Kier alpha value is -1.20. The summed E-state index contributed by atoms with van der Waals surface area (Å²) in [6.45, 7) is 2.26.